The van der Waals surface area contributed by atoms with E-state index in [0.29, 0.717) is 88.1 Å². The number of amides is 2. The van der Waals surface area contributed by atoms with Crippen LogP contribution in [0.25, 0.3) is 0 Å². The van der Waals surface area contributed by atoms with Gasteiger partial charge in [-0.1, -0.05) is 36.4 Å². The zero-order valence-electron chi connectivity index (χ0n) is 25.0. The minimum Gasteiger partial charge on any atom is -0.491 e. The lowest BCUT2D eigenvalue weighted by molar-refractivity contribution is 0.0393. The molecule has 234 valence electrons. The van der Waals surface area contributed by atoms with Gasteiger partial charge in [-0.2, -0.15) is 0 Å². The molecule has 5 rings (SSSR count). The molecular weight excluding hydrogens is 560 g/mol. The van der Waals surface area contributed by atoms with E-state index in [4.69, 9.17) is 9.47 Å². The van der Waals surface area contributed by atoms with Crippen molar-refractivity contribution in [1.82, 2.24) is 19.6 Å². The number of piperazine rings is 2. The third-order valence-corrected chi connectivity index (χ3v) is 8.01. The molecule has 10 heteroatoms. The van der Waals surface area contributed by atoms with E-state index in [9.17, 15) is 19.8 Å². The van der Waals surface area contributed by atoms with Crippen molar-refractivity contribution in [2.24, 2.45) is 0 Å². The molecule has 0 aliphatic carbocycles. The van der Waals surface area contributed by atoms with Crippen LogP contribution >= 0.6 is 0 Å². The number of rotatable bonds is 12. The molecule has 2 aliphatic heterocycles. The van der Waals surface area contributed by atoms with Gasteiger partial charge in [0.05, 0.1) is 0 Å². The quantitative estimate of drug-likeness (QED) is 0.325. The lowest BCUT2D eigenvalue weighted by atomic mass is 10.2. The molecule has 2 amide bonds. The van der Waals surface area contributed by atoms with Gasteiger partial charge in [-0.15, -0.1) is 0 Å². The average molecular weight is 603 g/mol. The van der Waals surface area contributed by atoms with Gasteiger partial charge in [-0.3, -0.25) is 19.4 Å². The SMILES string of the molecule is O=C(c1ccccc1)N1CCN(C[C@@H](O)COc2ccc(OC[C@H](O)CN3CCN(C(=O)c4ccccc4)CC3)cc2)CC1. The summed E-state index contributed by atoms with van der Waals surface area (Å²) in [5, 5.41) is 21.0. The van der Waals surface area contributed by atoms with Crippen LogP contribution in [-0.2, 0) is 0 Å². The topological polar surface area (TPSA) is 106 Å². The summed E-state index contributed by atoms with van der Waals surface area (Å²) in [6.45, 7) is 6.61. The minimum atomic E-state index is -0.657. The van der Waals surface area contributed by atoms with Crippen LogP contribution in [0.2, 0.25) is 0 Å². The summed E-state index contributed by atoms with van der Waals surface area (Å²) in [7, 11) is 0. The van der Waals surface area contributed by atoms with E-state index in [-0.39, 0.29) is 25.0 Å². The first-order valence-electron chi connectivity index (χ1n) is 15.3. The van der Waals surface area contributed by atoms with Crippen molar-refractivity contribution in [3.8, 4) is 11.5 Å². The predicted octanol–water partition coefficient (Wildman–Crippen LogP) is 2.08. The summed E-state index contributed by atoms with van der Waals surface area (Å²) < 4.78 is 11.6. The van der Waals surface area contributed by atoms with Crippen LogP contribution in [0.4, 0.5) is 0 Å². The Morgan fingerprint density at radius 1 is 0.545 bits per heavy atom. The van der Waals surface area contributed by atoms with Gasteiger partial charge in [-0.25, -0.2) is 0 Å². The van der Waals surface area contributed by atoms with Crippen molar-refractivity contribution in [3.05, 3.63) is 96.1 Å². The van der Waals surface area contributed by atoms with Crippen LogP contribution in [0.1, 0.15) is 20.7 Å². The normalized spacial score (nSPS) is 17.6. The Bertz CT molecular complexity index is 1210. The second kappa shape index (κ2) is 15.7. The van der Waals surface area contributed by atoms with Crippen molar-refractivity contribution in [2.45, 2.75) is 12.2 Å². The first-order chi connectivity index (χ1) is 21.4. The number of carbonyl (C=O) groups is 2. The van der Waals surface area contributed by atoms with Crippen molar-refractivity contribution >= 4 is 11.8 Å². The molecule has 3 aromatic carbocycles. The number of aliphatic hydroxyl groups is 2. The highest BCUT2D eigenvalue weighted by atomic mass is 16.5. The van der Waals surface area contributed by atoms with Crippen molar-refractivity contribution < 1.29 is 29.3 Å². The molecule has 3 aromatic rings. The summed E-state index contributed by atoms with van der Waals surface area (Å²) in [5.74, 6) is 1.34. The molecule has 0 bridgehead atoms. The Morgan fingerprint density at radius 3 is 1.23 bits per heavy atom. The van der Waals surface area contributed by atoms with Gasteiger partial charge in [0.25, 0.3) is 11.8 Å². The zero-order chi connectivity index (χ0) is 30.7. The zero-order valence-corrected chi connectivity index (χ0v) is 25.0. The Balaban J connectivity index is 0.948. The fourth-order valence-electron chi connectivity index (χ4n) is 5.51. The van der Waals surface area contributed by atoms with Gasteiger partial charge in [0, 0.05) is 76.6 Å². The molecule has 0 aromatic heterocycles. The van der Waals surface area contributed by atoms with Crippen molar-refractivity contribution in [2.75, 3.05) is 78.7 Å². The van der Waals surface area contributed by atoms with Crippen LogP contribution in [0.15, 0.2) is 84.9 Å². The Morgan fingerprint density at radius 2 is 0.886 bits per heavy atom. The maximum atomic E-state index is 12.6. The van der Waals surface area contributed by atoms with Gasteiger partial charge >= 0.3 is 0 Å². The number of aliphatic hydroxyl groups excluding tert-OH is 2. The van der Waals surface area contributed by atoms with Crippen LogP contribution in [0.5, 0.6) is 11.5 Å². The second-order valence-electron chi connectivity index (χ2n) is 11.3. The minimum absolute atomic E-state index is 0.0445. The smallest absolute Gasteiger partial charge is 0.253 e. The van der Waals surface area contributed by atoms with Crippen LogP contribution in [0.3, 0.4) is 0 Å². The van der Waals surface area contributed by atoms with Gasteiger partial charge in [0.15, 0.2) is 0 Å². The molecule has 0 saturated carbocycles. The number of hydrogen-bond acceptors (Lipinski definition) is 8. The lowest BCUT2D eigenvalue weighted by Crippen LogP contribution is -2.51. The summed E-state index contributed by atoms with van der Waals surface area (Å²) >= 11 is 0. The van der Waals surface area contributed by atoms with Crippen LogP contribution in [0, 0.1) is 0 Å². The second-order valence-corrected chi connectivity index (χ2v) is 11.3. The predicted molar refractivity (Wildman–Crippen MR) is 167 cm³/mol. The molecule has 0 radical (unpaired) electrons. The fraction of sp³-hybridized carbons (Fsp3) is 0.412. The third-order valence-electron chi connectivity index (χ3n) is 8.01. The Labute approximate surface area is 259 Å². The third kappa shape index (κ3) is 9.03. The van der Waals surface area contributed by atoms with Gasteiger partial charge in [-0.05, 0) is 48.5 Å². The molecule has 0 spiro atoms. The van der Waals surface area contributed by atoms with E-state index in [2.05, 4.69) is 9.80 Å². The van der Waals surface area contributed by atoms with Gasteiger partial charge < -0.3 is 29.5 Å². The molecule has 2 fully saturated rings. The molecule has 10 nitrogen and oxygen atoms in total. The molecule has 2 saturated heterocycles. The van der Waals surface area contributed by atoms with E-state index in [1.807, 2.05) is 70.5 Å². The summed E-state index contributed by atoms with van der Waals surface area (Å²) in [6, 6.07) is 25.7. The number of carbonyl (C=O) groups excluding carboxylic acids is 2. The Hall–Kier alpha value is -3.96. The largest absolute Gasteiger partial charge is 0.491 e. The highest BCUT2D eigenvalue weighted by molar-refractivity contribution is 5.94. The number of ether oxygens (including phenoxy) is 2. The number of benzene rings is 3. The molecule has 2 aliphatic rings. The maximum Gasteiger partial charge on any atom is 0.253 e. The average Bonchev–Trinajstić information content (AvgIpc) is 3.08. The van der Waals surface area contributed by atoms with E-state index in [0.717, 1.165) is 0 Å². The van der Waals surface area contributed by atoms with Crippen LogP contribution in [-0.4, -0.2) is 132 Å². The molecule has 2 N–H and O–H groups in total. The van der Waals surface area contributed by atoms with Crippen molar-refractivity contribution in [1.29, 1.82) is 0 Å². The fourth-order valence-corrected chi connectivity index (χ4v) is 5.51. The number of β-amino-alcohol motifs (C(OH)–C–C–N with tert-alkyl or cyclic N) is 2. The molecule has 2 atom stereocenters. The van der Waals surface area contributed by atoms with E-state index in [1.165, 1.54) is 0 Å². The van der Waals surface area contributed by atoms with Crippen LogP contribution < -0.4 is 9.47 Å². The molecule has 44 heavy (non-hydrogen) atoms. The lowest BCUT2D eigenvalue weighted by Gasteiger charge is -2.35. The number of nitrogens with zero attached hydrogens (tertiary/aromatic N) is 4. The Kier molecular flexibility index (Phi) is 11.2. The summed E-state index contributed by atoms with van der Waals surface area (Å²) in [5.41, 5.74) is 1.40. The first-order valence-corrected chi connectivity index (χ1v) is 15.3. The van der Waals surface area contributed by atoms with Gasteiger partial charge in [0.2, 0.25) is 0 Å². The molecule has 2 heterocycles. The monoisotopic (exact) mass is 602 g/mol. The molecule has 0 unspecified atom stereocenters. The number of hydrogen-bond donors (Lipinski definition) is 2. The highest BCUT2D eigenvalue weighted by Gasteiger charge is 2.25. The van der Waals surface area contributed by atoms with E-state index < -0.39 is 12.2 Å². The summed E-state index contributed by atoms with van der Waals surface area (Å²) in [6.07, 6.45) is -1.31. The highest BCUT2D eigenvalue weighted by Crippen LogP contribution is 2.19. The van der Waals surface area contributed by atoms with Crippen molar-refractivity contribution in [3.63, 3.8) is 0 Å². The first kappa shape index (κ1) is 31.5. The van der Waals surface area contributed by atoms with E-state index in [1.54, 1.807) is 24.3 Å². The molecular formula is C34H42N4O6. The maximum absolute atomic E-state index is 12.6. The van der Waals surface area contributed by atoms with E-state index >= 15 is 0 Å². The standard InChI is InChI=1S/C34H42N4O6/c39-29(23-35-15-19-37(20-16-35)33(41)27-7-3-1-4-8-27)25-43-31-11-13-32(14-12-31)44-26-30(40)24-36-17-21-38(22-18-36)34(42)28-9-5-2-6-10-28/h1-14,29-30,39-40H,15-26H2/t29-,30-/m1/s1. The van der Waals surface area contributed by atoms with Gasteiger partial charge in [0.1, 0.15) is 36.9 Å². The summed E-state index contributed by atoms with van der Waals surface area (Å²) in [4.78, 5) is 33.3.